The molecule has 0 radical (unpaired) electrons. The molecule has 0 unspecified atom stereocenters. The molecule has 0 bridgehead atoms. The van der Waals surface area contributed by atoms with E-state index >= 15 is 4.11 Å². The van der Waals surface area contributed by atoms with E-state index in [0.29, 0.717) is 0 Å². The standard InChI is InChI=1S/C19H45FGe2OSi/c1-17(2,3)24(20,18(4,5)6)19(21(7,8)9,22(10,11)12)15-13-14-16-23/h23H,13-16H2,1-12H3. The summed E-state index contributed by atoms with van der Waals surface area (Å²) in [5.41, 5.74) is 0. The van der Waals surface area contributed by atoms with Crippen LogP contribution in [0.25, 0.3) is 0 Å². The number of hydrogen-bond donors (Lipinski definition) is 1. The van der Waals surface area contributed by atoms with Crippen LogP contribution < -0.4 is 0 Å². The zero-order valence-corrected chi connectivity index (χ0v) is 23.8. The van der Waals surface area contributed by atoms with Gasteiger partial charge in [0, 0.05) is 0 Å². The molecule has 0 fully saturated rings. The van der Waals surface area contributed by atoms with Gasteiger partial charge >= 0.3 is 159 Å². The number of hydrogen-bond acceptors (Lipinski definition) is 1. The second kappa shape index (κ2) is 7.67. The number of aliphatic hydroxyl groups excluding tert-OH is 1. The van der Waals surface area contributed by atoms with Crippen LogP contribution in [-0.2, 0) is 0 Å². The van der Waals surface area contributed by atoms with Gasteiger partial charge in [-0.2, -0.15) is 0 Å². The third-order valence-corrected chi connectivity index (χ3v) is 52.0. The summed E-state index contributed by atoms with van der Waals surface area (Å²) in [5, 5.41) is 8.81. The number of halogens is 1. The van der Waals surface area contributed by atoms with E-state index in [-0.39, 0.29) is 19.4 Å². The summed E-state index contributed by atoms with van der Waals surface area (Å²) in [6.07, 6.45) is 2.81. The van der Waals surface area contributed by atoms with Gasteiger partial charge in [-0.05, 0) is 0 Å². The van der Waals surface area contributed by atoms with Crippen LogP contribution in [0.1, 0.15) is 60.8 Å². The predicted molar refractivity (Wildman–Crippen MR) is 117 cm³/mol. The second-order valence-electron chi connectivity index (χ2n) is 11.7. The quantitative estimate of drug-likeness (QED) is 0.232. The van der Waals surface area contributed by atoms with E-state index in [0.717, 1.165) is 19.3 Å². The second-order valence-corrected chi connectivity index (χ2v) is 43.7. The topological polar surface area (TPSA) is 20.2 Å². The molecule has 1 nitrogen and oxygen atoms in total. The molecule has 0 rings (SSSR count). The van der Waals surface area contributed by atoms with E-state index in [1.54, 1.807) is 0 Å². The number of aliphatic hydroxyl groups is 1. The zero-order valence-electron chi connectivity index (χ0n) is 18.7. The molecule has 146 valence electrons. The summed E-state index contributed by atoms with van der Waals surface area (Å²) in [7, 11) is -3.17. The molecule has 0 amide bonds. The zero-order chi connectivity index (χ0) is 19.8. The summed E-state index contributed by atoms with van der Waals surface area (Å²) in [5.74, 6) is 14.8. The molecule has 0 heterocycles. The van der Waals surface area contributed by atoms with Crippen molar-refractivity contribution in [3.05, 3.63) is 0 Å². The van der Waals surface area contributed by atoms with Gasteiger partial charge in [0.25, 0.3) is 0 Å². The fourth-order valence-corrected chi connectivity index (χ4v) is 69.0. The Kier molecular flexibility index (Phi) is 8.05. The molecule has 0 aliphatic rings. The van der Waals surface area contributed by atoms with E-state index in [9.17, 15) is 5.11 Å². The molecule has 5 heteroatoms. The number of rotatable bonds is 7. The van der Waals surface area contributed by atoms with Crippen molar-refractivity contribution in [2.24, 2.45) is 0 Å². The van der Waals surface area contributed by atoms with Crippen molar-refractivity contribution >= 4 is 34.9 Å². The van der Waals surface area contributed by atoms with Crippen LogP contribution in [0.4, 0.5) is 4.11 Å². The van der Waals surface area contributed by atoms with Crippen molar-refractivity contribution < 1.29 is 9.21 Å². The van der Waals surface area contributed by atoms with E-state index in [2.05, 4.69) is 76.1 Å². The average molecular weight is 482 g/mol. The molecule has 0 saturated carbocycles. The molecule has 0 saturated heterocycles. The Balaban J connectivity index is 6.87. The Labute approximate surface area is 158 Å². The molecule has 0 aliphatic heterocycles. The van der Waals surface area contributed by atoms with Crippen LogP contribution in [0.15, 0.2) is 0 Å². The van der Waals surface area contributed by atoms with Gasteiger partial charge in [0.05, 0.1) is 0 Å². The SMILES string of the molecule is CC(C)(C)[Si](F)(C(C)(C)C)[C](CCCCO)([Ge]([CH3])([CH3])[CH3])[Ge]([CH3])([CH3])[CH3]. The van der Waals surface area contributed by atoms with Crippen molar-refractivity contribution in [3.63, 3.8) is 0 Å². The fraction of sp³-hybridized carbons (Fsp3) is 1.00. The van der Waals surface area contributed by atoms with Crippen LogP contribution >= 0.6 is 0 Å². The average Bonchev–Trinajstić information content (AvgIpc) is 2.27. The van der Waals surface area contributed by atoms with Crippen LogP contribution in [-0.4, -0.2) is 46.7 Å². The van der Waals surface area contributed by atoms with Crippen LogP contribution in [0.2, 0.25) is 47.3 Å². The Morgan fingerprint density at radius 3 is 1.29 bits per heavy atom. The van der Waals surface area contributed by atoms with Gasteiger partial charge in [0.15, 0.2) is 0 Å². The molecule has 0 spiro atoms. The van der Waals surface area contributed by atoms with Gasteiger partial charge < -0.3 is 0 Å². The van der Waals surface area contributed by atoms with Gasteiger partial charge in [-0.15, -0.1) is 0 Å². The van der Waals surface area contributed by atoms with Crippen molar-refractivity contribution in [1.29, 1.82) is 0 Å². The van der Waals surface area contributed by atoms with Gasteiger partial charge in [-0.3, -0.25) is 0 Å². The van der Waals surface area contributed by atoms with Crippen molar-refractivity contribution in [1.82, 2.24) is 0 Å². The molecular weight excluding hydrogens is 437 g/mol. The van der Waals surface area contributed by atoms with Crippen LogP contribution in [0.3, 0.4) is 0 Å². The first-order chi connectivity index (χ1) is 10.3. The fourth-order valence-electron chi connectivity index (χ4n) is 5.99. The predicted octanol–water partition coefficient (Wildman–Crippen LogP) is 7.16. The summed E-state index contributed by atoms with van der Waals surface area (Å²) in [6, 6.07) is 0. The van der Waals surface area contributed by atoms with Crippen LogP contribution in [0, 0.1) is 0 Å². The minimum atomic E-state index is -3.17. The van der Waals surface area contributed by atoms with Crippen molar-refractivity contribution in [2.45, 2.75) is 108 Å². The first-order valence-corrected chi connectivity index (χ1v) is 26.2. The monoisotopic (exact) mass is 484 g/mol. The maximum atomic E-state index is 17.7. The Morgan fingerprint density at radius 1 is 0.750 bits per heavy atom. The molecule has 24 heavy (non-hydrogen) atoms. The Bertz CT molecular complexity index is 383. The molecule has 0 aromatic heterocycles. The summed E-state index contributed by atoms with van der Waals surface area (Å²) in [4.78, 5) is 0. The van der Waals surface area contributed by atoms with Gasteiger partial charge in [0.2, 0.25) is 0 Å². The van der Waals surface area contributed by atoms with Gasteiger partial charge in [0.1, 0.15) is 0 Å². The summed E-state index contributed by atoms with van der Waals surface area (Å²) in [6.45, 7) is 13.3. The first-order valence-electron chi connectivity index (χ1n) is 9.61. The van der Waals surface area contributed by atoms with E-state index in [1.807, 2.05) is 0 Å². The molecule has 0 aliphatic carbocycles. The van der Waals surface area contributed by atoms with E-state index in [1.165, 1.54) is 0 Å². The van der Waals surface area contributed by atoms with Crippen LogP contribution in [0.5, 0.6) is 0 Å². The third kappa shape index (κ3) is 4.19. The molecule has 0 aromatic carbocycles. The Morgan fingerprint density at radius 2 is 1.08 bits per heavy atom. The molecule has 0 atom stereocenters. The van der Waals surface area contributed by atoms with Crippen molar-refractivity contribution in [2.75, 3.05) is 6.61 Å². The van der Waals surface area contributed by atoms with Gasteiger partial charge in [-0.1, -0.05) is 0 Å². The molecule has 1 N–H and O–H groups in total. The minimum absolute atomic E-state index is 0.0152. The van der Waals surface area contributed by atoms with Crippen molar-refractivity contribution in [3.8, 4) is 0 Å². The first kappa shape index (κ1) is 25.2. The third-order valence-electron chi connectivity index (χ3n) is 6.18. The maximum absolute atomic E-state index is 17.7. The number of unbranched alkanes of at least 4 members (excludes halogenated alkanes) is 1. The molecular formula is C19H45FGe2OSi. The van der Waals surface area contributed by atoms with E-state index < -0.39 is 34.9 Å². The summed E-state index contributed by atoms with van der Waals surface area (Å²) < 4.78 is 17.7. The molecule has 0 aromatic rings. The van der Waals surface area contributed by atoms with E-state index in [4.69, 9.17) is 0 Å². The van der Waals surface area contributed by atoms with Gasteiger partial charge in [-0.25, -0.2) is 0 Å². The normalized spacial score (nSPS) is 15.8. The summed E-state index contributed by atoms with van der Waals surface area (Å²) >= 11 is -4.78. The Hall–Kier alpha value is 1.19.